The Morgan fingerprint density at radius 2 is 2.18 bits per heavy atom. The summed E-state index contributed by atoms with van der Waals surface area (Å²) in [6.45, 7) is 1.31. The van der Waals surface area contributed by atoms with E-state index >= 15 is 0 Å². The SMILES string of the molecule is COCC1(C(=O)O)CCCN1Cc1ccc(C(=O)N(C)C)[nH]1. The number of aliphatic carboxylic acids is 1. The van der Waals surface area contributed by atoms with Gasteiger partial charge in [0.15, 0.2) is 0 Å². The average Bonchev–Trinajstić information content (AvgIpc) is 3.07. The van der Waals surface area contributed by atoms with E-state index in [9.17, 15) is 14.7 Å². The van der Waals surface area contributed by atoms with Crippen molar-refractivity contribution in [2.45, 2.75) is 24.9 Å². The highest BCUT2D eigenvalue weighted by Gasteiger charge is 2.47. The number of carboxylic acid groups (broad SMARTS) is 1. The number of carbonyl (C=O) groups excluding carboxylic acids is 1. The van der Waals surface area contributed by atoms with Gasteiger partial charge in [0.05, 0.1) is 6.61 Å². The van der Waals surface area contributed by atoms with Crippen molar-refractivity contribution < 1.29 is 19.4 Å². The molecular weight excluding hydrogens is 286 g/mol. The number of ether oxygens (including phenoxy) is 1. The number of carboxylic acids is 1. The van der Waals surface area contributed by atoms with Gasteiger partial charge in [-0.1, -0.05) is 0 Å². The molecule has 1 saturated heterocycles. The lowest BCUT2D eigenvalue weighted by Crippen LogP contribution is -2.53. The Balaban J connectivity index is 2.15. The van der Waals surface area contributed by atoms with Crippen LogP contribution in [0.3, 0.4) is 0 Å². The third-order valence-corrected chi connectivity index (χ3v) is 4.15. The third-order valence-electron chi connectivity index (χ3n) is 4.15. The topological polar surface area (TPSA) is 85.9 Å². The second-order valence-electron chi connectivity index (χ2n) is 5.89. The summed E-state index contributed by atoms with van der Waals surface area (Å²) >= 11 is 0. The van der Waals surface area contributed by atoms with Crippen molar-refractivity contribution in [3.8, 4) is 0 Å². The van der Waals surface area contributed by atoms with Crippen LogP contribution in [0.2, 0.25) is 0 Å². The minimum absolute atomic E-state index is 0.103. The molecule has 1 fully saturated rings. The van der Waals surface area contributed by atoms with E-state index in [0.29, 0.717) is 25.2 Å². The van der Waals surface area contributed by atoms with Crippen molar-refractivity contribution in [2.75, 3.05) is 34.4 Å². The van der Waals surface area contributed by atoms with Crippen LogP contribution in [-0.4, -0.2) is 71.7 Å². The predicted octanol–water partition coefficient (Wildman–Crippen LogP) is 0.782. The maximum Gasteiger partial charge on any atom is 0.326 e. The Labute approximate surface area is 129 Å². The highest BCUT2D eigenvalue weighted by molar-refractivity contribution is 5.92. The molecule has 0 bridgehead atoms. The molecule has 1 atom stereocenters. The predicted molar refractivity (Wildman–Crippen MR) is 80.7 cm³/mol. The zero-order valence-corrected chi connectivity index (χ0v) is 13.3. The fourth-order valence-electron chi connectivity index (χ4n) is 2.97. The van der Waals surface area contributed by atoms with E-state index in [2.05, 4.69) is 4.98 Å². The second-order valence-corrected chi connectivity index (χ2v) is 5.89. The molecule has 7 heteroatoms. The number of nitrogens with zero attached hydrogens (tertiary/aromatic N) is 2. The molecule has 2 heterocycles. The van der Waals surface area contributed by atoms with Gasteiger partial charge in [-0.15, -0.1) is 0 Å². The molecule has 1 aromatic heterocycles. The first kappa shape index (κ1) is 16.5. The first-order valence-electron chi connectivity index (χ1n) is 7.27. The number of rotatable bonds is 6. The van der Waals surface area contributed by atoms with Crippen LogP contribution in [0.1, 0.15) is 29.0 Å². The lowest BCUT2D eigenvalue weighted by Gasteiger charge is -2.33. The Hall–Kier alpha value is -1.86. The van der Waals surface area contributed by atoms with E-state index in [-0.39, 0.29) is 12.5 Å². The van der Waals surface area contributed by atoms with Gasteiger partial charge in [-0.2, -0.15) is 0 Å². The van der Waals surface area contributed by atoms with Crippen LogP contribution < -0.4 is 0 Å². The van der Waals surface area contributed by atoms with Gasteiger partial charge >= 0.3 is 5.97 Å². The number of likely N-dealkylation sites (tertiary alicyclic amines) is 1. The largest absolute Gasteiger partial charge is 0.480 e. The van der Waals surface area contributed by atoms with Gasteiger partial charge in [-0.05, 0) is 31.5 Å². The Kier molecular flexibility index (Phi) is 4.87. The van der Waals surface area contributed by atoms with E-state index in [1.54, 1.807) is 20.2 Å². The van der Waals surface area contributed by atoms with Crippen LogP contribution in [0.4, 0.5) is 0 Å². The lowest BCUT2D eigenvalue weighted by molar-refractivity contribution is -0.153. The van der Waals surface area contributed by atoms with Crippen LogP contribution in [0, 0.1) is 0 Å². The summed E-state index contributed by atoms with van der Waals surface area (Å²) in [6, 6.07) is 3.56. The monoisotopic (exact) mass is 309 g/mol. The van der Waals surface area contributed by atoms with E-state index in [0.717, 1.165) is 12.1 Å². The molecule has 1 unspecified atom stereocenters. The van der Waals surface area contributed by atoms with E-state index in [1.807, 2.05) is 11.0 Å². The maximum absolute atomic E-state index is 11.9. The molecule has 2 rings (SSSR count). The van der Waals surface area contributed by atoms with Crippen LogP contribution in [0.25, 0.3) is 0 Å². The molecule has 0 spiro atoms. The molecule has 1 aliphatic rings. The zero-order valence-electron chi connectivity index (χ0n) is 13.3. The summed E-state index contributed by atoms with van der Waals surface area (Å²) in [7, 11) is 4.90. The number of hydrogen-bond acceptors (Lipinski definition) is 4. The summed E-state index contributed by atoms with van der Waals surface area (Å²) in [6.07, 6.45) is 1.39. The van der Waals surface area contributed by atoms with Crippen molar-refractivity contribution in [3.05, 3.63) is 23.5 Å². The molecule has 0 aromatic carbocycles. The number of hydrogen-bond donors (Lipinski definition) is 2. The number of carbonyl (C=O) groups is 2. The van der Waals surface area contributed by atoms with Crippen LogP contribution in [0.5, 0.6) is 0 Å². The smallest absolute Gasteiger partial charge is 0.326 e. The van der Waals surface area contributed by atoms with Gasteiger partial charge in [0, 0.05) is 33.4 Å². The minimum Gasteiger partial charge on any atom is -0.480 e. The first-order valence-corrected chi connectivity index (χ1v) is 7.27. The van der Waals surface area contributed by atoms with Gasteiger partial charge in [0.2, 0.25) is 0 Å². The van der Waals surface area contributed by atoms with Crippen LogP contribution in [0.15, 0.2) is 12.1 Å². The van der Waals surface area contributed by atoms with E-state index < -0.39 is 11.5 Å². The summed E-state index contributed by atoms with van der Waals surface area (Å²) in [5.74, 6) is -0.961. The summed E-state index contributed by atoms with van der Waals surface area (Å²) in [5, 5.41) is 9.62. The standard InChI is InChI=1S/C15H23N3O4/c1-17(2)13(19)12-6-5-11(16-12)9-18-8-4-7-15(18,10-22-3)14(20)21/h5-6,16H,4,7-10H2,1-3H3,(H,20,21). The second kappa shape index (κ2) is 6.50. The van der Waals surface area contributed by atoms with Crippen molar-refractivity contribution in [1.82, 2.24) is 14.8 Å². The maximum atomic E-state index is 11.9. The fraction of sp³-hybridized carbons (Fsp3) is 0.600. The quantitative estimate of drug-likeness (QED) is 0.811. The molecule has 22 heavy (non-hydrogen) atoms. The van der Waals surface area contributed by atoms with Gasteiger partial charge in [-0.3, -0.25) is 14.5 Å². The third kappa shape index (κ3) is 3.00. The molecule has 1 aliphatic heterocycles. The Morgan fingerprint density at radius 1 is 1.45 bits per heavy atom. The average molecular weight is 309 g/mol. The Morgan fingerprint density at radius 3 is 2.77 bits per heavy atom. The minimum atomic E-state index is -0.981. The van der Waals surface area contributed by atoms with E-state index in [1.165, 1.54) is 12.0 Å². The highest BCUT2D eigenvalue weighted by Crippen LogP contribution is 2.31. The summed E-state index contributed by atoms with van der Waals surface area (Å²) in [5.41, 5.74) is 0.353. The van der Waals surface area contributed by atoms with Crippen molar-refractivity contribution in [2.24, 2.45) is 0 Å². The van der Waals surface area contributed by atoms with Gasteiger partial charge in [0.1, 0.15) is 11.2 Å². The molecule has 1 aromatic rings. The fourth-order valence-corrected chi connectivity index (χ4v) is 2.97. The van der Waals surface area contributed by atoms with Gasteiger partial charge in [0.25, 0.3) is 5.91 Å². The van der Waals surface area contributed by atoms with E-state index in [4.69, 9.17) is 4.74 Å². The molecule has 0 radical (unpaired) electrons. The summed E-state index contributed by atoms with van der Waals surface area (Å²) in [4.78, 5) is 30.1. The van der Waals surface area contributed by atoms with Crippen LogP contribution >= 0.6 is 0 Å². The number of amides is 1. The van der Waals surface area contributed by atoms with Crippen molar-refractivity contribution in [1.29, 1.82) is 0 Å². The highest BCUT2D eigenvalue weighted by atomic mass is 16.5. The molecule has 1 amide bonds. The number of H-pyrrole nitrogens is 1. The van der Waals surface area contributed by atoms with Gasteiger partial charge < -0.3 is 19.7 Å². The van der Waals surface area contributed by atoms with Crippen LogP contribution in [-0.2, 0) is 16.1 Å². The number of methoxy groups -OCH3 is 1. The Bertz CT molecular complexity index is 555. The molecule has 0 saturated carbocycles. The lowest BCUT2D eigenvalue weighted by atomic mass is 9.97. The molecule has 122 valence electrons. The normalized spacial score (nSPS) is 22.0. The number of aromatic amines is 1. The number of nitrogens with one attached hydrogen (secondary N) is 1. The van der Waals surface area contributed by atoms with Gasteiger partial charge in [-0.25, -0.2) is 0 Å². The molecule has 7 nitrogen and oxygen atoms in total. The molecular formula is C15H23N3O4. The zero-order chi connectivity index (χ0) is 16.3. The first-order chi connectivity index (χ1) is 10.4. The summed E-state index contributed by atoms with van der Waals surface area (Å²) < 4.78 is 5.14. The van der Waals surface area contributed by atoms with Crippen molar-refractivity contribution >= 4 is 11.9 Å². The molecule has 2 N–H and O–H groups in total. The molecule has 0 aliphatic carbocycles. The van der Waals surface area contributed by atoms with Crippen molar-refractivity contribution in [3.63, 3.8) is 0 Å². The number of aromatic nitrogens is 1.